The Morgan fingerprint density at radius 1 is 1.29 bits per heavy atom. The number of aliphatic hydroxyl groups is 1. The summed E-state index contributed by atoms with van der Waals surface area (Å²) in [6.07, 6.45) is -0.387. The minimum atomic E-state index is -0.751. The molecule has 1 aromatic rings. The molecule has 1 aromatic carbocycles. The second-order valence-electron chi connectivity index (χ2n) is 6.84. The van der Waals surface area contributed by atoms with Crippen LogP contribution in [-0.2, 0) is 28.5 Å². The SMILES string of the molecule is COc1ccc(C2=C(O)/C(=C(/C)C(=O)OC[C@H]3COC(C)(C)O3)OC2=O)cc1. The quantitative estimate of drug-likeness (QED) is 0.605. The molecular formula is C20H22O8. The Bertz CT molecular complexity index is 847. The van der Waals surface area contributed by atoms with Gasteiger partial charge in [0.25, 0.3) is 0 Å². The van der Waals surface area contributed by atoms with E-state index in [1.807, 2.05) is 0 Å². The summed E-state index contributed by atoms with van der Waals surface area (Å²) in [7, 11) is 1.52. The van der Waals surface area contributed by atoms with Crippen LogP contribution < -0.4 is 4.74 Å². The van der Waals surface area contributed by atoms with E-state index in [-0.39, 0.29) is 29.6 Å². The van der Waals surface area contributed by atoms with Crippen LogP contribution >= 0.6 is 0 Å². The number of carbonyl (C=O) groups excluding carboxylic acids is 2. The van der Waals surface area contributed by atoms with Crippen LogP contribution in [0.4, 0.5) is 0 Å². The summed E-state index contributed by atoms with van der Waals surface area (Å²) in [6.45, 7) is 5.23. The molecule has 0 saturated carbocycles. The van der Waals surface area contributed by atoms with Gasteiger partial charge >= 0.3 is 11.9 Å². The second kappa shape index (κ2) is 7.65. The van der Waals surface area contributed by atoms with Gasteiger partial charge in [-0.3, -0.25) is 0 Å². The number of esters is 2. The van der Waals surface area contributed by atoms with E-state index in [0.717, 1.165) is 0 Å². The van der Waals surface area contributed by atoms with Crippen molar-refractivity contribution in [3.63, 3.8) is 0 Å². The van der Waals surface area contributed by atoms with Crippen molar-refractivity contribution in [2.75, 3.05) is 20.3 Å². The van der Waals surface area contributed by atoms with E-state index in [0.29, 0.717) is 17.9 Å². The Balaban J connectivity index is 1.75. The van der Waals surface area contributed by atoms with Crippen LogP contribution in [-0.4, -0.2) is 49.3 Å². The van der Waals surface area contributed by atoms with Gasteiger partial charge in [0.05, 0.1) is 19.3 Å². The minimum Gasteiger partial charge on any atom is -0.504 e. The standard InChI is InChI=1S/C20H22O8/c1-11(18(22)25-9-14-10-26-20(2,3)28-14)17-16(21)15(19(23)27-17)12-5-7-13(24-4)8-6-12/h5-8,14,21H,9-10H2,1-4H3/b17-11+/t14-/m0/s1. The van der Waals surface area contributed by atoms with Gasteiger partial charge < -0.3 is 28.8 Å². The molecule has 0 radical (unpaired) electrons. The molecule has 0 aliphatic carbocycles. The van der Waals surface area contributed by atoms with Crippen molar-refractivity contribution in [3.8, 4) is 5.75 Å². The molecule has 1 N–H and O–H groups in total. The summed E-state index contributed by atoms with van der Waals surface area (Å²) in [6, 6.07) is 6.52. The maximum atomic E-state index is 12.3. The van der Waals surface area contributed by atoms with Crippen LogP contribution in [0.2, 0.25) is 0 Å². The molecule has 0 spiro atoms. The molecule has 2 aliphatic heterocycles. The Morgan fingerprint density at radius 3 is 2.54 bits per heavy atom. The third-order valence-corrected chi connectivity index (χ3v) is 4.34. The van der Waals surface area contributed by atoms with Gasteiger partial charge in [0.15, 0.2) is 17.3 Å². The molecule has 0 aromatic heterocycles. The lowest BCUT2D eigenvalue weighted by atomic mass is 10.0. The van der Waals surface area contributed by atoms with Crippen LogP contribution in [0.3, 0.4) is 0 Å². The van der Waals surface area contributed by atoms with E-state index in [1.165, 1.54) is 14.0 Å². The van der Waals surface area contributed by atoms with E-state index < -0.39 is 23.5 Å². The first kappa shape index (κ1) is 19.9. The van der Waals surface area contributed by atoms with Crippen LogP contribution in [0.1, 0.15) is 26.3 Å². The van der Waals surface area contributed by atoms with Gasteiger partial charge in [-0.2, -0.15) is 0 Å². The summed E-state index contributed by atoms with van der Waals surface area (Å²) < 4.78 is 26.4. The van der Waals surface area contributed by atoms with Gasteiger partial charge in [0.2, 0.25) is 0 Å². The van der Waals surface area contributed by atoms with E-state index in [9.17, 15) is 14.7 Å². The van der Waals surface area contributed by atoms with Crippen molar-refractivity contribution in [2.45, 2.75) is 32.7 Å². The van der Waals surface area contributed by atoms with E-state index in [2.05, 4.69) is 0 Å². The van der Waals surface area contributed by atoms with Gasteiger partial charge in [-0.25, -0.2) is 9.59 Å². The molecule has 28 heavy (non-hydrogen) atoms. The summed E-state index contributed by atoms with van der Waals surface area (Å²) in [5, 5.41) is 10.5. The first-order valence-electron chi connectivity index (χ1n) is 8.72. The maximum Gasteiger partial charge on any atom is 0.348 e. The van der Waals surface area contributed by atoms with Crippen LogP contribution in [0.25, 0.3) is 5.57 Å². The molecule has 2 heterocycles. The van der Waals surface area contributed by atoms with Crippen molar-refractivity contribution in [1.82, 2.24) is 0 Å². The Labute approximate surface area is 162 Å². The van der Waals surface area contributed by atoms with Gasteiger partial charge in [0.1, 0.15) is 24.0 Å². The first-order chi connectivity index (χ1) is 13.2. The molecule has 1 saturated heterocycles. The summed E-state index contributed by atoms with van der Waals surface area (Å²) in [5.41, 5.74) is 0.393. The van der Waals surface area contributed by atoms with E-state index in [4.69, 9.17) is 23.7 Å². The lowest BCUT2D eigenvalue weighted by Gasteiger charge is -2.17. The molecule has 2 aliphatic rings. The third kappa shape index (κ3) is 4.02. The van der Waals surface area contributed by atoms with Gasteiger partial charge in [-0.15, -0.1) is 0 Å². The highest BCUT2D eigenvalue weighted by Crippen LogP contribution is 2.34. The molecule has 0 bridgehead atoms. The van der Waals surface area contributed by atoms with Crippen molar-refractivity contribution in [3.05, 3.63) is 46.9 Å². The zero-order chi connectivity index (χ0) is 20.5. The smallest absolute Gasteiger partial charge is 0.348 e. The summed E-state index contributed by atoms with van der Waals surface area (Å²) in [4.78, 5) is 24.5. The third-order valence-electron chi connectivity index (χ3n) is 4.34. The van der Waals surface area contributed by atoms with Gasteiger partial charge in [-0.1, -0.05) is 12.1 Å². The Hall–Kier alpha value is -2.84. The average molecular weight is 390 g/mol. The number of hydrogen-bond acceptors (Lipinski definition) is 8. The number of rotatable bonds is 5. The number of benzene rings is 1. The van der Waals surface area contributed by atoms with E-state index >= 15 is 0 Å². The van der Waals surface area contributed by atoms with Gasteiger partial charge in [-0.05, 0) is 38.5 Å². The zero-order valence-corrected chi connectivity index (χ0v) is 16.1. The van der Waals surface area contributed by atoms with E-state index in [1.54, 1.807) is 38.1 Å². The molecule has 1 atom stereocenters. The largest absolute Gasteiger partial charge is 0.504 e. The average Bonchev–Trinajstić information content (AvgIpc) is 3.17. The fourth-order valence-electron chi connectivity index (χ4n) is 2.88. The summed E-state index contributed by atoms with van der Waals surface area (Å²) in [5.74, 6) is -2.22. The van der Waals surface area contributed by atoms with Crippen LogP contribution in [0.5, 0.6) is 5.75 Å². The zero-order valence-electron chi connectivity index (χ0n) is 16.1. The molecule has 0 amide bonds. The minimum absolute atomic E-state index is 0.0172. The fraction of sp³-hybridized carbons (Fsp3) is 0.400. The highest BCUT2D eigenvalue weighted by atomic mass is 16.7. The number of ether oxygens (including phenoxy) is 5. The molecule has 8 nitrogen and oxygen atoms in total. The normalized spacial score (nSPS) is 22.9. The predicted octanol–water partition coefficient (Wildman–Crippen LogP) is 2.49. The highest BCUT2D eigenvalue weighted by molar-refractivity contribution is 6.21. The fourth-order valence-corrected chi connectivity index (χ4v) is 2.88. The molecule has 8 heteroatoms. The lowest BCUT2D eigenvalue weighted by molar-refractivity contribution is -0.155. The molecule has 3 rings (SSSR count). The maximum absolute atomic E-state index is 12.3. The lowest BCUT2D eigenvalue weighted by Crippen LogP contribution is -2.25. The number of carbonyl (C=O) groups is 2. The van der Waals surface area contributed by atoms with Crippen LogP contribution in [0.15, 0.2) is 41.4 Å². The molecular weight excluding hydrogens is 368 g/mol. The van der Waals surface area contributed by atoms with Crippen molar-refractivity contribution >= 4 is 17.5 Å². The van der Waals surface area contributed by atoms with Crippen LogP contribution in [0, 0.1) is 0 Å². The van der Waals surface area contributed by atoms with Gasteiger partial charge in [0, 0.05) is 0 Å². The van der Waals surface area contributed by atoms with Crippen molar-refractivity contribution in [2.24, 2.45) is 0 Å². The number of methoxy groups -OCH3 is 1. The summed E-state index contributed by atoms with van der Waals surface area (Å²) >= 11 is 0. The topological polar surface area (TPSA) is 101 Å². The number of hydrogen-bond donors (Lipinski definition) is 1. The second-order valence-corrected chi connectivity index (χ2v) is 6.84. The predicted molar refractivity (Wildman–Crippen MR) is 97.2 cm³/mol. The Morgan fingerprint density at radius 2 is 1.96 bits per heavy atom. The molecule has 1 fully saturated rings. The van der Waals surface area contributed by atoms with Crippen molar-refractivity contribution in [1.29, 1.82) is 0 Å². The van der Waals surface area contributed by atoms with Crippen molar-refractivity contribution < 1.29 is 38.4 Å². The monoisotopic (exact) mass is 390 g/mol. The Kier molecular flexibility index (Phi) is 5.44. The molecule has 0 unspecified atom stereocenters. The molecule has 150 valence electrons. The highest BCUT2D eigenvalue weighted by Gasteiger charge is 2.36. The number of cyclic esters (lactones) is 1. The number of aliphatic hydroxyl groups excluding tert-OH is 1. The first-order valence-corrected chi connectivity index (χ1v) is 8.72.